The number of thioether (sulfide) groups is 1. The van der Waals surface area contributed by atoms with E-state index in [0.717, 1.165) is 41.8 Å². The van der Waals surface area contributed by atoms with Crippen molar-refractivity contribution in [3.05, 3.63) is 29.3 Å². The van der Waals surface area contributed by atoms with Crippen LogP contribution in [0.1, 0.15) is 26.7 Å². The second-order valence-electron chi connectivity index (χ2n) is 5.22. The zero-order valence-electron chi connectivity index (χ0n) is 11.4. The molecule has 1 atom stereocenters. The highest BCUT2D eigenvalue weighted by Gasteiger charge is 2.24. The monoisotopic (exact) mass is 297 g/mol. The maximum Gasteiger partial charge on any atom is 0.235 e. The fourth-order valence-electron chi connectivity index (χ4n) is 2.25. The number of likely N-dealkylation sites (tertiary alicyclic amines) is 1. The fraction of sp³-hybridized carbons (Fsp3) is 0.533. The first-order valence-corrected chi connectivity index (χ1v) is 8.03. The lowest BCUT2D eigenvalue weighted by Gasteiger charge is -2.32. The SMILES string of the molecule is CC1CCN(C(=O)[C@H](C)Sc2ccc(Cl)cc2)CC1. The van der Waals surface area contributed by atoms with Crippen molar-refractivity contribution in [1.82, 2.24) is 4.90 Å². The third-order valence-corrected chi connectivity index (χ3v) is 4.92. The van der Waals surface area contributed by atoms with Crippen LogP contribution in [0, 0.1) is 5.92 Å². The maximum atomic E-state index is 12.4. The third kappa shape index (κ3) is 4.15. The molecule has 0 unspecified atom stereocenters. The van der Waals surface area contributed by atoms with Crippen molar-refractivity contribution < 1.29 is 4.79 Å². The van der Waals surface area contributed by atoms with E-state index in [0.29, 0.717) is 0 Å². The number of halogens is 1. The van der Waals surface area contributed by atoms with Gasteiger partial charge in [-0.2, -0.15) is 0 Å². The van der Waals surface area contributed by atoms with E-state index in [-0.39, 0.29) is 11.2 Å². The minimum atomic E-state index is -0.0328. The number of benzene rings is 1. The number of hydrogen-bond donors (Lipinski definition) is 0. The molecule has 1 aromatic rings. The average Bonchev–Trinajstić information content (AvgIpc) is 2.41. The van der Waals surface area contributed by atoms with Crippen LogP contribution in [0.4, 0.5) is 0 Å². The number of nitrogens with zero attached hydrogens (tertiary/aromatic N) is 1. The van der Waals surface area contributed by atoms with Crippen molar-refractivity contribution >= 4 is 29.3 Å². The topological polar surface area (TPSA) is 20.3 Å². The predicted molar refractivity (Wildman–Crippen MR) is 81.7 cm³/mol. The van der Waals surface area contributed by atoms with E-state index in [4.69, 9.17) is 11.6 Å². The van der Waals surface area contributed by atoms with E-state index in [1.165, 1.54) is 0 Å². The first-order chi connectivity index (χ1) is 9.06. The van der Waals surface area contributed by atoms with Crippen LogP contribution in [0.2, 0.25) is 5.02 Å². The number of rotatable bonds is 3. The maximum absolute atomic E-state index is 12.4. The average molecular weight is 298 g/mol. The molecule has 0 spiro atoms. The Kier molecular flexibility index (Phi) is 5.17. The summed E-state index contributed by atoms with van der Waals surface area (Å²) in [7, 11) is 0. The summed E-state index contributed by atoms with van der Waals surface area (Å²) in [6.45, 7) is 6.06. The predicted octanol–water partition coefficient (Wildman–Crippen LogP) is 4.08. The molecule has 0 radical (unpaired) electrons. The summed E-state index contributed by atoms with van der Waals surface area (Å²) in [6.07, 6.45) is 2.26. The highest BCUT2D eigenvalue weighted by molar-refractivity contribution is 8.00. The summed E-state index contributed by atoms with van der Waals surface area (Å²) < 4.78 is 0. The van der Waals surface area contributed by atoms with Gasteiger partial charge in [0.15, 0.2) is 0 Å². The molecule has 2 nitrogen and oxygen atoms in total. The minimum absolute atomic E-state index is 0.0328. The molecule has 19 heavy (non-hydrogen) atoms. The van der Waals surface area contributed by atoms with Crippen LogP contribution in [0.15, 0.2) is 29.2 Å². The molecule has 0 aliphatic carbocycles. The Morgan fingerprint density at radius 1 is 1.32 bits per heavy atom. The molecular formula is C15H20ClNOS. The summed E-state index contributed by atoms with van der Waals surface area (Å²) in [6, 6.07) is 7.66. The molecular weight excluding hydrogens is 278 g/mol. The van der Waals surface area contributed by atoms with Crippen LogP contribution in [0.3, 0.4) is 0 Å². The zero-order chi connectivity index (χ0) is 13.8. The molecule has 104 valence electrons. The van der Waals surface area contributed by atoms with Crippen molar-refractivity contribution in [3.63, 3.8) is 0 Å². The van der Waals surface area contributed by atoms with E-state index in [1.807, 2.05) is 36.1 Å². The van der Waals surface area contributed by atoms with Crippen LogP contribution >= 0.6 is 23.4 Å². The van der Waals surface area contributed by atoms with E-state index in [1.54, 1.807) is 11.8 Å². The second kappa shape index (κ2) is 6.67. The fourth-order valence-corrected chi connectivity index (χ4v) is 3.33. The van der Waals surface area contributed by atoms with Crippen molar-refractivity contribution in [2.24, 2.45) is 5.92 Å². The lowest BCUT2D eigenvalue weighted by Crippen LogP contribution is -2.41. The van der Waals surface area contributed by atoms with Gasteiger partial charge in [-0.25, -0.2) is 0 Å². The molecule has 4 heteroatoms. The molecule has 2 rings (SSSR count). The molecule has 0 saturated carbocycles. The van der Waals surface area contributed by atoms with Crippen molar-refractivity contribution in [3.8, 4) is 0 Å². The van der Waals surface area contributed by atoms with Gasteiger partial charge < -0.3 is 4.90 Å². The van der Waals surface area contributed by atoms with Crippen molar-refractivity contribution in [2.75, 3.05) is 13.1 Å². The standard InChI is InChI=1S/C15H20ClNOS/c1-11-7-9-17(10-8-11)15(18)12(2)19-14-5-3-13(16)4-6-14/h3-6,11-12H,7-10H2,1-2H3/t12-/m0/s1. The van der Waals surface area contributed by atoms with E-state index >= 15 is 0 Å². The first-order valence-electron chi connectivity index (χ1n) is 6.77. The number of carbonyl (C=O) groups is 1. The minimum Gasteiger partial charge on any atom is -0.342 e. The van der Waals surface area contributed by atoms with Gasteiger partial charge in [-0.15, -0.1) is 11.8 Å². The normalized spacial score (nSPS) is 18.4. The molecule has 1 saturated heterocycles. The van der Waals surface area contributed by atoms with Crippen molar-refractivity contribution in [2.45, 2.75) is 36.8 Å². The Labute approximate surface area is 124 Å². The number of piperidine rings is 1. The Morgan fingerprint density at radius 3 is 2.47 bits per heavy atom. The molecule has 0 bridgehead atoms. The number of carbonyl (C=O) groups excluding carboxylic acids is 1. The summed E-state index contributed by atoms with van der Waals surface area (Å²) in [4.78, 5) is 15.5. The van der Waals surface area contributed by atoms with Gasteiger partial charge in [0.1, 0.15) is 0 Å². The Bertz CT molecular complexity index is 426. The van der Waals surface area contributed by atoms with Gasteiger partial charge in [0, 0.05) is 23.0 Å². The quantitative estimate of drug-likeness (QED) is 0.784. The van der Waals surface area contributed by atoms with Crippen molar-refractivity contribution in [1.29, 1.82) is 0 Å². The lowest BCUT2D eigenvalue weighted by atomic mass is 9.99. The Balaban J connectivity index is 1.90. The van der Waals surface area contributed by atoms with Gasteiger partial charge in [-0.1, -0.05) is 18.5 Å². The molecule has 0 N–H and O–H groups in total. The van der Waals surface area contributed by atoms with Gasteiger partial charge in [-0.05, 0) is 49.9 Å². The Hall–Kier alpha value is -0.670. The summed E-state index contributed by atoms with van der Waals surface area (Å²) >= 11 is 7.47. The molecule has 0 aromatic heterocycles. The molecule has 1 aliphatic heterocycles. The summed E-state index contributed by atoms with van der Waals surface area (Å²) in [5, 5.41) is 0.697. The largest absolute Gasteiger partial charge is 0.342 e. The third-order valence-electron chi connectivity index (χ3n) is 3.57. The van der Waals surface area contributed by atoms with E-state index < -0.39 is 0 Å². The Morgan fingerprint density at radius 2 is 1.89 bits per heavy atom. The van der Waals surface area contributed by atoms with E-state index in [2.05, 4.69) is 6.92 Å². The highest BCUT2D eigenvalue weighted by atomic mass is 35.5. The van der Waals surface area contributed by atoms with Gasteiger partial charge in [-0.3, -0.25) is 4.79 Å². The highest BCUT2D eigenvalue weighted by Crippen LogP contribution is 2.27. The van der Waals surface area contributed by atoms with Crippen LogP contribution in [-0.4, -0.2) is 29.1 Å². The van der Waals surface area contributed by atoms with Gasteiger partial charge in [0.05, 0.1) is 5.25 Å². The second-order valence-corrected chi connectivity index (χ2v) is 7.07. The van der Waals surface area contributed by atoms with Crippen LogP contribution in [0.25, 0.3) is 0 Å². The number of amides is 1. The molecule has 1 aliphatic rings. The smallest absolute Gasteiger partial charge is 0.235 e. The van der Waals surface area contributed by atoms with Crippen LogP contribution in [0.5, 0.6) is 0 Å². The zero-order valence-corrected chi connectivity index (χ0v) is 13.0. The van der Waals surface area contributed by atoms with Crippen LogP contribution in [-0.2, 0) is 4.79 Å². The summed E-state index contributed by atoms with van der Waals surface area (Å²) in [5.74, 6) is 1.01. The molecule has 1 amide bonds. The van der Waals surface area contributed by atoms with Gasteiger partial charge >= 0.3 is 0 Å². The van der Waals surface area contributed by atoms with Gasteiger partial charge in [0.2, 0.25) is 5.91 Å². The summed E-state index contributed by atoms with van der Waals surface area (Å²) in [5.41, 5.74) is 0. The van der Waals surface area contributed by atoms with Gasteiger partial charge in [0.25, 0.3) is 0 Å². The molecule has 1 fully saturated rings. The van der Waals surface area contributed by atoms with E-state index in [9.17, 15) is 4.79 Å². The molecule has 1 aromatic carbocycles. The first kappa shape index (κ1) is 14.7. The van der Waals surface area contributed by atoms with Crippen LogP contribution < -0.4 is 0 Å². The molecule has 1 heterocycles. The lowest BCUT2D eigenvalue weighted by molar-refractivity contribution is -0.131. The number of hydrogen-bond acceptors (Lipinski definition) is 2.